The monoisotopic (exact) mass is 424 g/mol. The van der Waals surface area contributed by atoms with Crippen molar-refractivity contribution in [2.45, 2.75) is 12.5 Å². The first-order chi connectivity index (χ1) is 15.3. The van der Waals surface area contributed by atoms with Crippen molar-refractivity contribution in [3.8, 4) is 0 Å². The molecule has 1 atom stereocenters. The molecule has 0 amide bonds. The second kappa shape index (κ2) is 8.66. The average Bonchev–Trinajstić information content (AvgIpc) is 3.47. The number of rotatable bonds is 5. The van der Waals surface area contributed by atoms with Crippen molar-refractivity contribution in [1.82, 2.24) is 0 Å². The van der Waals surface area contributed by atoms with Crippen molar-refractivity contribution >= 4 is 35.2 Å². The molecule has 2 heterocycles. The van der Waals surface area contributed by atoms with Crippen molar-refractivity contribution in [2.75, 3.05) is 5.01 Å². The number of benzene rings is 3. The van der Waals surface area contributed by atoms with Crippen LogP contribution in [0, 0.1) is 0 Å². The molecule has 31 heavy (non-hydrogen) atoms. The van der Waals surface area contributed by atoms with E-state index in [1.807, 2.05) is 72.8 Å². The van der Waals surface area contributed by atoms with Gasteiger partial charge in [0.1, 0.15) is 11.5 Å². The summed E-state index contributed by atoms with van der Waals surface area (Å²) >= 11 is 5.96. The van der Waals surface area contributed by atoms with Crippen LogP contribution in [0.25, 0.3) is 12.2 Å². The second-order valence-corrected chi connectivity index (χ2v) is 7.88. The topological polar surface area (TPSA) is 28.7 Å². The van der Waals surface area contributed by atoms with Gasteiger partial charge in [0.05, 0.1) is 11.7 Å². The van der Waals surface area contributed by atoms with Gasteiger partial charge in [0.15, 0.2) is 5.76 Å². The van der Waals surface area contributed by atoms with Gasteiger partial charge in [0, 0.05) is 11.4 Å². The van der Waals surface area contributed by atoms with Gasteiger partial charge in [0.2, 0.25) is 0 Å². The molecule has 0 spiro atoms. The molecule has 0 radical (unpaired) electrons. The maximum absolute atomic E-state index is 6.11. The Morgan fingerprint density at radius 3 is 2.26 bits per heavy atom. The average molecular weight is 425 g/mol. The highest BCUT2D eigenvalue weighted by atomic mass is 35.5. The summed E-state index contributed by atoms with van der Waals surface area (Å²) in [6.07, 6.45) is 4.76. The van der Waals surface area contributed by atoms with Gasteiger partial charge in [-0.25, -0.2) is 0 Å². The summed E-state index contributed by atoms with van der Waals surface area (Å²) in [7, 11) is 0. The van der Waals surface area contributed by atoms with Crippen LogP contribution in [0.4, 0.5) is 5.69 Å². The molecule has 3 aromatic carbocycles. The molecule has 5 rings (SSSR count). The summed E-state index contributed by atoms with van der Waals surface area (Å²) in [4.78, 5) is 0. The first-order valence-electron chi connectivity index (χ1n) is 10.3. The predicted octanol–water partition coefficient (Wildman–Crippen LogP) is 7.46. The van der Waals surface area contributed by atoms with Crippen LogP contribution in [0.3, 0.4) is 0 Å². The Morgan fingerprint density at radius 2 is 1.52 bits per heavy atom. The van der Waals surface area contributed by atoms with Gasteiger partial charge in [-0.2, -0.15) is 5.10 Å². The lowest BCUT2D eigenvalue weighted by Gasteiger charge is -2.23. The molecular weight excluding hydrogens is 404 g/mol. The molecule has 1 unspecified atom stereocenters. The molecule has 4 heteroatoms. The zero-order chi connectivity index (χ0) is 21.0. The zero-order valence-corrected chi connectivity index (χ0v) is 17.6. The highest BCUT2D eigenvalue weighted by Crippen LogP contribution is 2.36. The van der Waals surface area contributed by atoms with Crippen molar-refractivity contribution in [1.29, 1.82) is 0 Å². The van der Waals surface area contributed by atoms with Gasteiger partial charge in [-0.1, -0.05) is 78.3 Å². The van der Waals surface area contributed by atoms with E-state index in [4.69, 9.17) is 21.1 Å². The molecule has 1 aromatic heterocycles. The molecule has 0 bridgehead atoms. The molecule has 0 saturated heterocycles. The van der Waals surface area contributed by atoms with E-state index < -0.39 is 0 Å². The fraction of sp³-hybridized carbons (Fsp3) is 0.0741. The SMILES string of the molecule is Clc1ccc(C=Cc2ccc(C3=NN(c4ccccc4)C(c4ccccc4)C3)o2)cc1. The van der Waals surface area contributed by atoms with Gasteiger partial charge in [-0.15, -0.1) is 0 Å². The summed E-state index contributed by atoms with van der Waals surface area (Å²) in [6.45, 7) is 0. The van der Waals surface area contributed by atoms with E-state index in [0.717, 1.165) is 39.9 Å². The lowest BCUT2D eigenvalue weighted by molar-refractivity contribution is 0.546. The second-order valence-electron chi connectivity index (χ2n) is 7.44. The van der Waals surface area contributed by atoms with Crippen LogP contribution in [0.15, 0.2) is 107 Å². The van der Waals surface area contributed by atoms with Crippen molar-refractivity contribution in [2.24, 2.45) is 5.10 Å². The predicted molar refractivity (Wildman–Crippen MR) is 128 cm³/mol. The van der Waals surface area contributed by atoms with E-state index in [1.165, 1.54) is 5.56 Å². The molecule has 152 valence electrons. The Hall–Kier alpha value is -3.56. The van der Waals surface area contributed by atoms with Crippen LogP contribution in [0.2, 0.25) is 5.02 Å². The smallest absolute Gasteiger partial charge is 0.150 e. The van der Waals surface area contributed by atoms with Crippen LogP contribution in [0.5, 0.6) is 0 Å². The van der Waals surface area contributed by atoms with E-state index in [2.05, 4.69) is 41.4 Å². The number of para-hydroxylation sites is 1. The van der Waals surface area contributed by atoms with Gasteiger partial charge >= 0.3 is 0 Å². The minimum absolute atomic E-state index is 0.136. The fourth-order valence-electron chi connectivity index (χ4n) is 3.76. The number of halogens is 1. The number of anilines is 1. The fourth-order valence-corrected chi connectivity index (χ4v) is 3.89. The van der Waals surface area contributed by atoms with Gasteiger partial charge in [-0.05, 0) is 53.6 Å². The van der Waals surface area contributed by atoms with E-state index in [-0.39, 0.29) is 6.04 Å². The lowest BCUT2D eigenvalue weighted by Crippen LogP contribution is -2.18. The summed E-state index contributed by atoms with van der Waals surface area (Å²) in [5.41, 5.74) is 4.32. The molecule has 0 fully saturated rings. The third kappa shape index (κ3) is 4.32. The van der Waals surface area contributed by atoms with Gasteiger partial charge in [0.25, 0.3) is 0 Å². The molecule has 1 aliphatic rings. The van der Waals surface area contributed by atoms with E-state index >= 15 is 0 Å². The summed E-state index contributed by atoms with van der Waals surface area (Å²) in [5.74, 6) is 1.59. The number of hydrazone groups is 1. The van der Waals surface area contributed by atoms with Gasteiger partial charge < -0.3 is 4.42 Å². The van der Waals surface area contributed by atoms with Crippen LogP contribution < -0.4 is 5.01 Å². The van der Waals surface area contributed by atoms with E-state index in [1.54, 1.807) is 0 Å². The van der Waals surface area contributed by atoms with Crippen molar-refractivity contribution in [3.63, 3.8) is 0 Å². The van der Waals surface area contributed by atoms with Gasteiger partial charge in [-0.3, -0.25) is 5.01 Å². The molecule has 0 N–H and O–H groups in total. The Labute approximate surface area is 186 Å². The first kappa shape index (κ1) is 19.4. The summed E-state index contributed by atoms with van der Waals surface area (Å²) in [5, 5.41) is 7.77. The highest BCUT2D eigenvalue weighted by Gasteiger charge is 2.31. The quantitative estimate of drug-likeness (QED) is 0.332. The molecule has 0 saturated carbocycles. The Balaban J connectivity index is 1.41. The summed E-state index contributed by atoms with van der Waals surface area (Å²) in [6, 6.07) is 32.6. The van der Waals surface area contributed by atoms with E-state index in [0.29, 0.717) is 0 Å². The van der Waals surface area contributed by atoms with Crippen molar-refractivity contribution in [3.05, 3.63) is 125 Å². The molecule has 0 aliphatic carbocycles. The number of nitrogens with zero attached hydrogens (tertiary/aromatic N) is 2. The minimum atomic E-state index is 0.136. The minimum Gasteiger partial charge on any atom is -0.455 e. The van der Waals surface area contributed by atoms with Crippen LogP contribution in [-0.4, -0.2) is 5.71 Å². The lowest BCUT2D eigenvalue weighted by atomic mass is 10.0. The van der Waals surface area contributed by atoms with E-state index in [9.17, 15) is 0 Å². The molecule has 4 aromatic rings. The molecule has 3 nitrogen and oxygen atoms in total. The normalized spacial score (nSPS) is 16.1. The number of furan rings is 1. The summed E-state index contributed by atoms with van der Waals surface area (Å²) < 4.78 is 6.11. The Kier molecular flexibility index (Phi) is 5.42. The number of hydrogen-bond donors (Lipinski definition) is 0. The first-order valence-corrected chi connectivity index (χ1v) is 10.6. The van der Waals surface area contributed by atoms with Crippen LogP contribution in [-0.2, 0) is 0 Å². The van der Waals surface area contributed by atoms with Crippen LogP contribution in [0.1, 0.15) is 35.1 Å². The Bertz CT molecular complexity index is 1210. The zero-order valence-electron chi connectivity index (χ0n) is 16.9. The maximum atomic E-state index is 6.11. The maximum Gasteiger partial charge on any atom is 0.150 e. The number of hydrogen-bond acceptors (Lipinski definition) is 3. The van der Waals surface area contributed by atoms with Crippen molar-refractivity contribution < 1.29 is 4.42 Å². The third-order valence-corrected chi connectivity index (χ3v) is 5.59. The third-order valence-electron chi connectivity index (χ3n) is 5.34. The molecular formula is C27H21ClN2O. The van der Waals surface area contributed by atoms with Crippen LogP contribution >= 0.6 is 11.6 Å². The molecule has 1 aliphatic heterocycles. The standard InChI is InChI=1S/C27H21ClN2O/c28-22-14-11-20(12-15-22)13-16-24-17-18-27(31-24)25-19-26(21-7-3-1-4-8-21)30(29-25)23-9-5-2-6-10-23/h1-18,26H,19H2. The largest absolute Gasteiger partial charge is 0.455 e. The Morgan fingerprint density at radius 1 is 0.806 bits per heavy atom. The highest BCUT2D eigenvalue weighted by molar-refractivity contribution is 6.30.